The summed E-state index contributed by atoms with van der Waals surface area (Å²) in [6.07, 6.45) is 13.8. The summed E-state index contributed by atoms with van der Waals surface area (Å²) in [6.45, 7) is 11.8. The van der Waals surface area contributed by atoms with E-state index in [-0.39, 0.29) is 83.2 Å². The lowest BCUT2D eigenvalue weighted by Gasteiger charge is -2.29. The number of terminal acetylenes is 1. The third-order valence-electron chi connectivity index (χ3n) is 15.0. The number of benzene rings is 6. The van der Waals surface area contributed by atoms with Crippen LogP contribution in [0, 0.1) is 32.6 Å². The number of esters is 2. The van der Waals surface area contributed by atoms with E-state index in [1.165, 1.54) is 29.0 Å². The van der Waals surface area contributed by atoms with Crippen LogP contribution in [0.3, 0.4) is 0 Å². The molecule has 0 atom stereocenters. The number of nitro groups is 2. The molecule has 1 aliphatic heterocycles. The van der Waals surface area contributed by atoms with Crippen LogP contribution in [0.25, 0.3) is 0 Å². The van der Waals surface area contributed by atoms with Gasteiger partial charge in [-0.25, -0.2) is 55.1 Å². The van der Waals surface area contributed by atoms with Crippen molar-refractivity contribution in [3.05, 3.63) is 152 Å². The number of nitro benzene ring substituents is 2. The van der Waals surface area contributed by atoms with Crippen molar-refractivity contribution in [2.45, 2.75) is 105 Å². The molecule has 1 heterocycles. The van der Waals surface area contributed by atoms with Crippen LogP contribution in [0.1, 0.15) is 116 Å². The second-order valence-electron chi connectivity index (χ2n) is 23.1. The Morgan fingerprint density at radius 1 is 0.629 bits per heavy atom. The Labute approximate surface area is 611 Å². The second-order valence-corrected chi connectivity index (χ2v) is 29.3. The fraction of sp³-hybridized carbons (Fsp3) is 0.382. The SMILES string of the molecule is C#CCNc1c([N+](=O)[O-])cc(C(=O)OC)cc1S(=O)(=O)N=CN(C)C.CCCCN(CCCC)c1cc(C(=O)OC)cc(S(N)(=O)=O)c1Oc1ccccc1.CCCCN(CCCC)c1cc(CO)cc(S(N)(=O)=O)c1Oc1ccccc1.NS(=O)(=O)c1cc(C(=O)O)cc([N+](=O)[O-])c1N1CCOCC1. The van der Waals surface area contributed by atoms with Crippen LogP contribution in [-0.2, 0) is 60.9 Å². The molecule has 9 N–H and O–H groups in total. The predicted molar refractivity (Wildman–Crippen MR) is 396 cm³/mol. The van der Waals surface area contributed by atoms with Gasteiger partial charge in [0.2, 0.25) is 30.1 Å². The summed E-state index contributed by atoms with van der Waals surface area (Å²) in [5, 5.41) is 59.8. The largest absolute Gasteiger partial charge is 0.478 e. The topological polar surface area (TPSA) is 476 Å². The monoisotopic (exact) mass is 1540 g/mol. The number of aromatic carboxylic acids is 1. The van der Waals surface area contributed by atoms with E-state index in [0.717, 1.165) is 102 Å². The Morgan fingerprint density at radius 3 is 1.43 bits per heavy atom. The summed E-state index contributed by atoms with van der Waals surface area (Å²) in [5.74, 6) is 0.455. The van der Waals surface area contributed by atoms with Gasteiger partial charge in [-0.3, -0.25) is 20.2 Å². The van der Waals surface area contributed by atoms with Crippen LogP contribution in [0.15, 0.2) is 133 Å². The normalized spacial score (nSPS) is 12.1. The van der Waals surface area contributed by atoms with Gasteiger partial charge in [0.15, 0.2) is 11.5 Å². The van der Waals surface area contributed by atoms with Gasteiger partial charge in [-0.1, -0.05) is 95.7 Å². The number of aliphatic hydroxyl groups is 1. The average Bonchev–Trinajstić information content (AvgIpc) is 0.803. The van der Waals surface area contributed by atoms with Gasteiger partial charge >= 0.3 is 17.9 Å². The first-order chi connectivity index (χ1) is 49.6. The first-order valence-corrected chi connectivity index (χ1v) is 38.7. The molecule has 1 aliphatic rings. The van der Waals surface area contributed by atoms with Crippen molar-refractivity contribution >= 4 is 98.5 Å². The lowest BCUT2D eigenvalue weighted by atomic mass is 10.1. The van der Waals surface area contributed by atoms with Gasteiger partial charge in [0.05, 0.1) is 78.5 Å². The van der Waals surface area contributed by atoms with Gasteiger partial charge in [-0.05, 0) is 91.9 Å². The number of sulfonamides is 4. The maximum absolute atomic E-state index is 12.5. The number of methoxy groups -OCH3 is 2. The van der Waals surface area contributed by atoms with E-state index in [0.29, 0.717) is 41.5 Å². The first kappa shape index (κ1) is 87.4. The molecule has 37 heteroatoms. The zero-order valence-electron chi connectivity index (χ0n) is 59.3. The molecule has 0 saturated carbocycles. The third-order valence-corrected chi connectivity index (χ3v) is 19.0. The maximum atomic E-state index is 12.5. The molecule has 0 amide bonds. The molecule has 6 aromatic rings. The van der Waals surface area contributed by atoms with Gasteiger partial charge in [-0.15, -0.1) is 10.8 Å². The van der Waals surface area contributed by atoms with Crippen LogP contribution >= 0.6 is 0 Å². The Bertz CT molecular complexity index is 4510. The fourth-order valence-electron chi connectivity index (χ4n) is 9.86. The van der Waals surface area contributed by atoms with Crippen LogP contribution < -0.4 is 44.9 Å². The number of aliphatic hydroxyl groups excluding tert-OH is 1. The van der Waals surface area contributed by atoms with E-state index >= 15 is 0 Å². The highest BCUT2D eigenvalue weighted by molar-refractivity contribution is 7.90. The molecule has 7 rings (SSSR count). The number of rotatable bonds is 33. The highest BCUT2D eigenvalue weighted by Gasteiger charge is 2.34. The van der Waals surface area contributed by atoms with Crippen molar-refractivity contribution in [1.29, 1.82) is 0 Å². The summed E-state index contributed by atoms with van der Waals surface area (Å²) in [7, 11) is -11.5. The minimum atomic E-state index is -4.35. The van der Waals surface area contributed by atoms with Crippen molar-refractivity contribution in [1.82, 2.24) is 4.90 Å². The molecule has 0 radical (unpaired) electrons. The van der Waals surface area contributed by atoms with Crippen molar-refractivity contribution < 1.29 is 91.8 Å². The lowest BCUT2D eigenvalue weighted by molar-refractivity contribution is -0.384. The second kappa shape index (κ2) is 41.5. The number of unbranched alkanes of at least 4 members (excludes halogenated alkanes) is 4. The fourth-order valence-corrected chi connectivity index (χ4v) is 13.2. The maximum Gasteiger partial charge on any atom is 0.338 e. The summed E-state index contributed by atoms with van der Waals surface area (Å²) >= 11 is 0. The van der Waals surface area contributed by atoms with E-state index in [4.69, 9.17) is 45.9 Å². The van der Waals surface area contributed by atoms with Gasteiger partial charge in [-0.2, -0.15) is 8.42 Å². The zero-order valence-corrected chi connectivity index (χ0v) is 62.6. The number of ether oxygens (including phenoxy) is 5. The van der Waals surface area contributed by atoms with Crippen LogP contribution in [0.5, 0.6) is 23.0 Å². The summed E-state index contributed by atoms with van der Waals surface area (Å²) in [6, 6.07) is 27.4. The van der Waals surface area contributed by atoms with E-state index in [1.54, 1.807) is 62.6 Å². The number of hydrogen-bond donors (Lipinski definition) is 6. The van der Waals surface area contributed by atoms with E-state index in [1.807, 2.05) is 29.2 Å². The molecular weight excluding hydrogens is 1450 g/mol. The molecule has 0 aliphatic carbocycles. The number of hydrogen-bond acceptors (Lipinski definition) is 25. The molecule has 0 aromatic heterocycles. The molecule has 1 fully saturated rings. The minimum Gasteiger partial charge on any atom is -0.478 e. The molecule has 0 unspecified atom stereocenters. The van der Waals surface area contributed by atoms with Crippen molar-refractivity contribution in [2.75, 3.05) is 107 Å². The van der Waals surface area contributed by atoms with Gasteiger partial charge < -0.3 is 58.8 Å². The summed E-state index contributed by atoms with van der Waals surface area (Å²) in [5.41, 5.74) is -0.914. The van der Waals surface area contributed by atoms with Crippen LogP contribution in [-0.4, -0.2) is 170 Å². The summed E-state index contributed by atoms with van der Waals surface area (Å²) in [4.78, 5) is 61.4. The Morgan fingerprint density at radius 2 is 1.04 bits per heavy atom. The molecule has 1 saturated heterocycles. The number of morpholine rings is 1. The Hall–Kier alpha value is -10.0. The number of nitrogens with zero attached hydrogens (tertiary/aromatic N) is 7. The van der Waals surface area contributed by atoms with E-state index < -0.39 is 94.6 Å². The highest BCUT2D eigenvalue weighted by Crippen LogP contribution is 2.43. The van der Waals surface area contributed by atoms with Gasteiger partial charge in [0.25, 0.3) is 21.4 Å². The lowest BCUT2D eigenvalue weighted by Crippen LogP contribution is -2.38. The molecule has 33 nitrogen and oxygen atoms in total. The zero-order chi connectivity index (χ0) is 78.4. The number of carbonyl (C=O) groups is 3. The minimum absolute atomic E-state index is 0.106. The van der Waals surface area contributed by atoms with E-state index in [2.05, 4.69) is 53.0 Å². The van der Waals surface area contributed by atoms with Crippen molar-refractivity contribution in [2.24, 2.45) is 19.8 Å². The number of para-hydroxylation sites is 2. The molecular formula is C68H89N11O22S4. The summed E-state index contributed by atoms with van der Waals surface area (Å²) < 4.78 is 128. The first-order valence-electron chi connectivity index (χ1n) is 32.6. The molecule has 105 heavy (non-hydrogen) atoms. The van der Waals surface area contributed by atoms with E-state index in [9.17, 15) is 73.4 Å². The average molecular weight is 1540 g/mol. The van der Waals surface area contributed by atoms with Gasteiger partial charge in [0.1, 0.15) is 48.8 Å². The van der Waals surface area contributed by atoms with Crippen molar-refractivity contribution in [3.8, 4) is 35.3 Å². The number of carboxylic acid groups (broad SMARTS) is 1. The number of carbonyl (C=O) groups excluding carboxylic acids is 2. The number of primary sulfonamides is 3. The number of carboxylic acids is 1. The van der Waals surface area contributed by atoms with Crippen LogP contribution in [0.4, 0.5) is 34.1 Å². The highest BCUT2D eigenvalue weighted by atomic mass is 32.2. The Balaban J connectivity index is 0.000000298. The predicted octanol–water partition coefficient (Wildman–Crippen LogP) is 8.83. The molecule has 572 valence electrons. The molecule has 0 bridgehead atoms. The number of nitrogens with two attached hydrogens (primary N) is 3. The molecule has 6 aromatic carbocycles. The quantitative estimate of drug-likeness (QED) is 0.00559. The third kappa shape index (κ3) is 26.3. The standard InChI is InChI=1S/C22H30N2O5S.C21H30N2O4S.C14H16N4O6S.C11H13N3O7S/c1-4-6-13-24(14-7-5-2)19-15-17(22(25)28-3)16-20(30(23,26)27)21(19)29-18-11-9-8-10-12-18;1-3-5-12-23(13-6-4-2)19-14-17(16-24)15-20(28(22,25)26)21(19)27-18-10-8-7-9-11-18;1-5-6-15-13-11(18(20)21)7-10(14(19)24-4)8-12(13)25(22,23)16-9-17(2)3;12-22(19,20)9-6-7(11(15)16)5-8(14(17)18)10(9)13-1-3-21-4-2-13/h8-12,15-16H,4-7,13-14H2,1-3H3,(H2,23,26,27);7-11,14-15,24H,3-6,12-13,16H2,1-2H3,(H2,22,25,26);1,7-9,15H,6H2,2-4H3;5-6H,1-4H2,(H,15,16)(H2,12,19,20). The van der Waals surface area contributed by atoms with Gasteiger partial charge in [0, 0.05) is 65.5 Å². The smallest absolute Gasteiger partial charge is 0.338 e. The Kier molecular flexibility index (Phi) is 34.5. The number of anilines is 4. The molecule has 0 spiro atoms. The van der Waals surface area contributed by atoms with Crippen LogP contribution in [0.2, 0.25) is 0 Å². The number of nitrogens with one attached hydrogen (secondary N) is 1. The van der Waals surface area contributed by atoms with Crippen molar-refractivity contribution in [3.63, 3.8) is 0 Å².